The van der Waals surface area contributed by atoms with Crippen LogP contribution in [0, 0.1) is 19.8 Å². The molecule has 3 heterocycles. The molecule has 0 bridgehead atoms. The molecule has 2 N–H and O–H groups in total. The van der Waals surface area contributed by atoms with Gasteiger partial charge in [0.25, 0.3) is 5.91 Å². The largest absolute Gasteiger partial charge is 0.364 e. The Morgan fingerprint density at radius 3 is 2.88 bits per heavy atom. The van der Waals surface area contributed by atoms with E-state index in [1.165, 1.54) is 0 Å². The second-order valence-electron chi connectivity index (χ2n) is 6.28. The number of aryl methyl sites for hydroxylation is 2. The molecular formula is C17H22N6O. The van der Waals surface area contributed by atoms with Gasteiger partial charge in [0.15, 0.2) is 0 Å². The van der Waals surface area contributed by atoms with Crippen LogP contribution >= 0.6 is 0 Å². The number of anilines is 1. The van der Waals surface area contributed by atoms with E-state index in [1.807, 2.05) is 13.0 Å². The van der Waals surface area contributed by atoms with Crippen molar-refractivity contribution in [3.8, 4) is 0 Å². The van der Waals surface area contributed by atoms with E-state index in [0.717, 1.165) is 49.7 Å². The van der Waals surface area contributed by atoms with Gasteiger partial charge in [-0.15, -0.1) is 0 Å². The molecule has 1 aliphatic rings. The van der Waals surface area contributed by atoms with Gasteiger partial charge in [0.05, 0.1) is 0 Å². The fraction of sp³-hybridized carbons (Fsp3) is 0.471. The Balaban J connectivity index is 1.73. The van der Waals surface area contributed by atoms with E-state index in [0.29, 0.717) is 11.7 Å². The van der Waals surface area contributed by atoms with Gasteiger partial charge in [0, 0.05) is 25.0 Å². The summed E-state index contributed by atoms with van der Waals surface area (Å²) >= 11 is 0. The molecule has 1 amide bonds. The summed E-state index contributed by atoms with van der Waals surface area (Å²) < 4.78 is 0. The first-order valence-corrected chi connectivity index (χ1v) is 8.20. The maximum Gasteiger partial charge on any atom is 0.267 e. The summed E-state index contributed by atoms with van der Waals surface area (Å²) in [4.78, 5) is 30.9. The minimum atomic E-state index is -0.511. The van der Waals surface area contributed by atoms with Crippen LogP contribution in [0.5, 0.6) is 0 Å². The highest BCUT2D eigenvalue weighted by Crippen LogP contribution is 2.24. The standard InChI is InChI=1S/C17H22N6O/c1-11-19-6-5-16(22-11)23-7-3-4-13(10-23)8-14-9-15(17(18)24)21-12(2)20-14/h5-6,9,13H,3-4,7-8,10H2,1-2H3,(H2,18,24)/t13-/m0/s1. The zero-order valence-corrected chi connectivity index (χ0v) is 14.1. The lowest BCUT2D eigenvalue weighted by Crippen LogP contribution is -2.37. The Labute approximate surface area is 141 Å². The molecule has 0 spiro atoms. The maximum absolute atomic E-state index is 11.4. The number of amides is 1. The van der Waals surface area contributed by atoms with Crippen LogP contribution in [-0.4, -0.2) is 38.9 Å². The van der Waals surface area contributed by atoms with Crippen LogP contribution in [0.1, 0.15) is 40.7 Å². The molecule has 0 radical (unpaired) electrons. The minimum absolute atomic E-state index is 0.289. The summed E-state index contributed by atoms with van der Waals surface area (Å²) in [6.45, 7) is 5.61. The van der Waals surface area contributed by atoms with Crippen molar-refractivity contribution >= 4 is 11.7 Å². The molecule has 0 aliphatic carbocycles. The predicted octanol–water partition coefficient (Wildman–Crippen LogP) is 1.44. The van der Waals surface area contributed by atoms with Crippen LogP contribution in [0.25, 0.3) is 0 Å². The average Bonchev–Trinajstić information content (AvgIpc) is 2.54. The third-order valence-electron chi connectivity index (χ3n) is 4.25. The molecule has 3 rings (SSSR count). The molecule has 1 fully saturated rings. The molecule has 2 aromatic heterocycles. The third kappa shape index (κ3) is 3.84. The molecule has 7 heteroatoms. The summed E-state index contributed by atoms with van der Waals surface area (Å²) in [5.41, 5.74) is 6.51. The normalized spacial score (nSPS) is 17.8. The summed E-state index contributed by atoms with van der Waals surface area (Å²) in [7, 11) is 0. The van der Waals surface area contributed by atoms with E-state index in [2.05, 4.69) is 24.8 Å². The van der Waals surface area contributed by atoms with Gasteiger partial charge in [0.2, 0.25) is 0 Å². The van der Waals surface area contributed by atoms with Gasteiger partial charge >= 0.3 is 0 Å². The van der Waals surface area contributed by atoms with E-state index >= 15 is 0 Å². The van der Waals surface area contributed by atoms with Gasteiger partial charge in [-0.25, -0.2) is 19.9 Å². The van der Waals surface area contributed by atoms with Gasteiger partial charge in [-0.1, -0.05) is 0 Å². The number of aromatic nitrogens is 4. The Morgan fingerprint density at radius 1 is 1.29 bits per heavy atom. The second kappa shape index (κ2) is 6.90. The molecular weight excluding hydrogens is 304 g/mol. The number of rotatable bonds is 4. The molecule has 1 atom stereocenters. The van der Waals surface area contributed by atoms with Crippen LogP contribution in [-0.2, 0) is 6.42 Å². The van der Waals surface area contributed by atoms with Crippen LogP contribution < -0.4 is 10.6 Å². The van der Waals surface area contributed by atoms with Gasteiger partial charge < -0.3 is 10.6 Å². The van der Waals surface area contributed by atoms with Gasteiger partial charge in [-0.05, 0) is 51.2 Å². The number of piperidine rings is 1. The van der Waals surface area contributed by atoms with Crippen molar-refractivity contribution in [3.05, 3.63) is 41.4 Å². The van der Waals surface area contributed by atoms with E-state index in [-0.39, 0.29) is 5.69 Å². The highest BCUT2D eigenvalue weighted by Gasteiger charge is 2.22. The lowest BCUT2D eigenvalue weighted by molar-refractivity contribution is 0.0995. The fourth-order valence-electron chi connectivity index (χ4n) is 3.22. The summed E-state index contributed by atoms with van der Waals surface area (Å²) in [6.07, 6.45) is 4.86. The van der Waals surface area contributed by atoms with E-state index < -0.39 is 5.91 Å². The number of hydrogen-bond acceptors (Lipinski definition) is 6. The quantitative estimate of drug-likeness (QED) is 0.913. The number of hydrogen-bond donors (Lipinski definition) is 1. The Morgan fingerprint density at radius 2 is 2.12 bits per heavy atom. The first-order valence-electron chi connectivity index (χ1n) is 8.20. The monoisotopic (exact) mass is 326 g/mol. The zero-order valence-electron chi connectivity index (χ0n) is 14.1. The average molecular weight is 326 g/mol. The Bertz CT molecular complexity index is 748. The van der Waals surface area contributed by atoms with Crippen LogP contribution in [0.15, 0.2) is 18.3 Å². The minimum Gasteiger partial charge on any atom is -0.364 e. The van der Waals surface area contributed by atoms with E-state index in [1.54, 1.807) is 19.2 Å². The van der Waals surface area contributed by atoms with Crippen LogP contribution in [0.4, 0.5) is 5.82 Å². The van der Waals surface area contributed by atoms with Crippen molar-refractivity contribution in [1.29, 1.82) is 0 Å². The number of primary amides is 1. The summed E-state index contributed by atoms with van der Waals surface area (Å²) in [5.74, 6) is 2.30. The van der Waals surface area contributed by atoms with Gasteiger partial charge in [0.1, 0.15) is 23.2 Å². The lowest BCUT2D eigenvalue weighted by Gasteiger charge is -2.33. The second-order valence-corrected chi connectivity index (χ2v) is 6.28. The van der Waals surface area contributed by atoms with Gasteiger partial charge in [-0.3, -0.25) is 4.79 Å². The van der Waals surface area contributed by atoms with Crippen molar-refractivity contribution in [2.45, 2.75) is 33.1 Å². The molecule has 0 unspecified atom stereocenters. The SMILES string of the molecule is Cc1nc(C[C@@H]2CCCN(c3ccnc(C)n3)C2)cc(C(N)=O)n1. The topological polar surface area (TPSA) is 97.9 Å². The highest BCUT2D eigenvalue weighted by molar-refractivity contribution is 5.90. The summed E-state index contributed by atoms with van der Waals surface area (Å²) in [5, 5.41) is 0. The van der Waals surface area contributed by atoms with Crippen LogP contribution in [0.3, 0.4) is 0 Å². The van der Waals surface area contributed by atoms with Crippen molar-refractivity contribution in [3.63, 3.8) is 0 Å². The third-order valence-corrected chi connectivity index (χ3v) is 4.25. The van der Waals surface area contributed by atoms with Crippen molar-refractivity contribution in [1.82, 2.24) is 19.9 Å². The maximum atomic E-state index is 11.4. The number of carbonyl (C=O) groups excluding carboxylic acids is 1. The molecule has 7 nitrogen and oxygen atoms in total. The van der Waals surface area contributed by atoms with E-state index in [9.17, 15) is 4.79 Å². The smallest absolute Gasteiger partial charge is 0.267 e. The molecule has 2 aromatic rings. The number of nitrogens with zero attached hydrogens (tertiary/aromatic N) is 5. The van der Waals surface area contributed by atoms with Crippen LogP contribution in [0.2, 0.25) is 0 Å². The van der Waals surface area contributed by atoms with Crippen molar-refractivity contribution < 1.29 is 4.79 Å². The predicted molar refractivity (Wildman–Crippen MR) is 90.7 cm³/mol. The molecule has 126 valence electrons. The number of nitrogens with two attached hydrogens (primary N) is 1. The lowest BCUT2D eigenvalue weighted by atomic mass is 9.93. The molecule has 1 saturated heterocycles. The number of carbonyl (C=O) groups is 1. The molecule has 0 aromatic carbocycles. The highest BCUT2D eigenvalue weighted by atomic mass is 16.1. The van der Waals surface area contributed by atoms with Gasteiger partial charge in [-0.2, -0.15) is 0 Å². The van der Waals surface area contributed by atoms with E-state index in [4.69, 9.17) is 5.73 Å². The fourth-order valence-corrected chi connectivity index (χ4v) is 3.22. The molecule has 0 saturated carbocycles. The van der Waals surface area contributed by atoms with Crippen molar-refractivity contribution in [2.75, 3.05) is 18.0 Å². The summed E-state index contributed by atoms with van der Waals surface area (Å²) in [6, 6.07) is 3.67. The van der Waals surface area contributed by atoms with Crippen molar-refractivity contribution in [2.24, 2.45) is 11.7 Å². The Hall–Kier alpha value is -2.57. The molecule has 1 aliphatic heterocycles. The zero-order chi connectivity index (χ0) is 17.1. The first-order chi connectivity index (χ1) is 11.5. The Kier molecular flexibility index (Phi) is 4.69. The molecule has 24 heavy (non-hydrogen) atoms. The first kappa shape index (κ1) is 16.3.